The summed E-state index contributed by atoms with van der Waals surface area (Å²) < 4.78 is 37.3. The summed E-state index contributed by atoms with van der Waals surface area (Å²) in [7, 11) is 3.64. The van der Waals surface area contributed by atoms with E-state index in [4.69, 9.17) is 10.1 Å². The number of pyridine rings is 1. The molecule has 0 spiro atoms. The molecule has 0 aliphatic carbocycles. The average Bonchev–Trinajstić information content (AvgIpc) is 3.35. The highest BCUT2D eigenvalue weighted by Crippen LogP contribution is 2.41. The van der Waals surface area contributed by atoms with Crippen molar-refractivity contribution < 1.29 is 13.5 Å². The fraction of sp³-hybridized carbons (Fsp3) is 0.0909. The van der Waals surface area contributed by atoms with Crippen molar-refractivity contribution in [1.82, 2.24) is 19.1 Å². The van der Waals surface area contributed by atoms with Crippen molar-refractivity contribution >= 4 is 21.9 Å². The van der Waals surface area contributed by atoms with Crippen LogP contribution in [0.2, 0.25) is 0 Å². The van der Waals surface area contributed by atoms with E-state index >= 15 is 0 Å². The maximum atomic E-state index is 14.4. The molecule has 2 aromatic carbocycles. The van der Waals surface area contributed by atoms with Crippen LogP contribution in [0.5, 0.6) is 11.5 Å². The lowest BCUT2D eigenvalue weighted by atomic mass is 10.0. The molecule has 30 heavy (non-hydrogen) atoms. The summed E-state index contributed by atoms with van der Waals surface area (Å²) in [6.07, 6.45) is 5.25. The monoisotopic (exact) mass is 405 g/mol. The molecule has 3 aromatic heterocycles. The maximum Gasteiger partial charge on any atom is 0.168 e. The van der Waals surface area contributed by atoms with Crippen LogP contribution in [0.3, 0.4) is 0 Å². The number of ether oxygens (including phenoxy) is 1. The predicted molar refractivity (Wildman–Crippen MR) is 109 cm³/mol. The molecule has 0 atom stereocenters. The SMILES string of the molecule is Cn1cc(-c2ccc3c(ncn3C)c2Oc2ccc(F)cc2F)c2cc[nH]c2c1=N. The zero-order valence-electron chi connectivity index (χ0n) is 16.2. The standard InChI is InChI=1S/C22H17F2N5O/c1-28-10-15(13-7-8-26-19(13)22(28)25)14-4-5-17-20(27-11-29(17)2)21(14)30-18-6-3-12(23)9-16(18)24/h3-11,25-26H,1-2H3. The molecule has 3 heterocycles. The van der Waals surface area contributed by atoms with Crippen molar-refractivity contribution in [3.8, 4) is 22.6 Å². The van der Waals surface area contributed by atoms with Crippen molar-refractivity contribution in [3.05, 3.63) is 72.2 Å². The van der Waals surface area contributed by atoms with Crippen molar-refractivity contribution in [2.24, 2.45) is 14.1 Å². The summed E-state index contributed by atoms with van der Waals surface area (Å²) in [5.74, 6) is -1.21. The largest absolute Gasteiger partial charge is 0.451 e. The number of hydrogen-bond donors (Lipinski definition) is 2. The fourth-order valence-corrected chi connectivity index (χ4v) is 3.67. The smallest absolute Gasteiger partial charge is 0.168 e. The Bertz CT molecular complexity index is 1500. The first-order valence-corrected chi connectivity index (χ1v) is 9.22. The minimum atomic E-state index is -0.798. The zero-order valence-corrected chi connectivity index (χ0v) is 16.2. The van der Waals surface area contributed by atoms with E-state index in [1.165, 1.54) is 6.07 Å². The molecule has 0 saturated carbocycles. The second kappa shape index (κ2) is 6.55. The Labute approximate surface area is 169 Å². The molecule has 0 aliphatic heterocycles. The Balaban J connectivity index is 1.82. The molecule has 0 aliphatic rings. The van der Waals surface area contributed by atoms with E-state index in [1.54, 1.807) is 24.1 Å². The third-order valence-corrected chi connectivity index (χ3v) is 5.20. The molecule has 5 aromatic rings. The first kappa shape index (κ1) is 18.1. The van der Waals surface area contributed by atoms with Crippen molar-refractivity contribution in [2.75, 3.05) is 0 Å². The van der Waals surface area contributed by atoms with E-state index in [1.807, 2.05) is 36.0 Å². The van der Waals surface area contributed by atoms with Gasteiger partial charge in [0.15, 0.2) is 17.3 Å². The minimum absolute atomic E-state index is 0.0948. The van der Waals surface area contributed by atoms with Crippen LogP contribution in [0.25, 0.3) is 33.1 Å². The van der Waals surface area contributed by atoms with Crippen LogP contribution in [0.15, 0.2) is 55.1 Å². The lowest BCUT2D eigenvalue weighted by Gasteiger charge is -2.15. The lowest BCUT2D eigenvalue weighted by Crippen LogP contribution is -2.16. The summed E-state index contributed by atoms with van der Waals surface area (Å²) in [5, 5.41) is 9.11. The van der Waals surface area contributed by atoms with Gasteiger partial charge in [0.1, 0.15) is 16.8 Å². The number of halogens is 2. The molecule has 6 nitrogen and oxygen atoms in total. The highest BCUT2D eigenvalue weighted by molar-refractivity contribution is 6.00. The van der Waals surface area contributed by atoms with E-state index in [-0.39, 0.29) is 5.75 Å². The van der Waals surface area contributed by atoms with Gasteiger partial charge in [0.2, 0.25) is 0 Å². The number of hydrogen-bond acceptors (Lipinski definition) is 3. The summed E-state index contributed by atoms with van der Waals surface area (Å²) in [6.45, 7) is 0. The molecule has 0 bridgehead atoms. The number of H-pyrrole nitrogens is 1. The number of rotatable bonds is 3. The van der Waals surface area contributed by atoms with Gasteiger partial charge in [-0.25, -0.2) is 13.8 Å². The van der Waals surface area contributed by atoms with Gasteiger partial charge in [-0.2, -0.15) is 0 Å². The van der Waals surface area contributed by atoms with Crippen molar-refractivity contribution in [3.63, 3.8) is 0 Å². The Morgan fingerprint density at radius 1 is 1.03 bits per heavy atom. The predicted octanol–water partition coefficient (Wildman–Crippen LogP) is 4.61. The molecular formula is C22H17F2N5O. The molecule has 0 unspecified atom stereocenters. The first-order valence-electron chi connectivity index (χ1n) is 9.22. The van der Waals surface area contributed by atoms with Gasteiger partial charge in [0, 0.05) is 49.1 Å². The summed E-state index contributed by atoms with van der Waals surface area (Å²) in [6, 6.07) is 8.87. The van der Waals surface area contributed by atoms with Gasteiger partial charge in [-0.05, 0) is 30.3 Å². The molecule has 0 radical (unpaired) electrons. The number of aryl methyl sites for hydroxylation is 2. The molecule has 150 valence electrons. The van der Waals surface area contributed by atoms with Crippen molar-refractivity contribution in [2.45, 2.75) is 0 Å². The topological polar surface area (TPSA) is 71.6 Å². The van der Waals surface area contributed by atoms with Gasteiger partial charge in [0.25, 0.3) is 0 Å². The number of aromatic amines is 1. The van der Waals surface area contributed by atoms with Gasteiger partial charge in [-0.15, -0.1) is 0 Å². The van der Waals surface area contributed by atoms with Crippen molar-refractivity contribution in [1.29, 1.82) is 5.41 Å². The number of fused-ring (bicyclic) bond motifs is 2. The molecule has 0 fully saturated rings. The number of nitrogens with zero attached hydrogens (tertiary/aromatic N) is 3. The molecule has 8 heteroatoms. The Morgan fingerprint density at radius 2 is 1.87 bits per heavy atom. The minimum Gasteiger partial charge on any atom is -0.451 e. The molecule has 5 rings (SSSR count). The van der Waals surface area contributed by atoms with Crippen LogP contribution in [-0.2, 0) is 14.1 Å². The van der Waals surface area contributed by atoms with Gasteiger partial charge >= 0.3 is 0 Å². The van der Waals surface area contributed by atoms with Gasteiger partial charge in [-0.3, -0.25) is 5.41 Å². The van der Waals surface area contributed by atoms with E-state index in [9.17, 15) is 8.78 Å². The average molecular weight is 405 g/mol. The number of aromatic nitrogens is 4. The molecular weight excluding hydrogens is 388 g/mol. The molecule has 2 N–H and O–H groups in total. The first-order chi connectivity index (χ1) is 14.4. The molecule has 0 saturated heterocycles. The quantitative estimate of drug-likeness (QED) is 0.460. The number of benzene rings is 2. The zero-order chi connectivity index (χ0) is 21.0. The van der Waals surface area contributed by atoms with E-state index in [0.717, 1.165) is 28.6 Å². The van der Waals surface area contributed by atoms with Crippen LogP contribution in [-0.4, -0.2) is 19.1 Å². The van der Waals surface area contributed by atoms with Crippen LogP contribution >= 0.6 is 0 Å². The highest BCUT2D eigenvalue weighted by Gasteiger charge is 2.19. The Morgan fingerprint density at radius 3 is 2.67 bits per heavy atom. The van der Waals surface area contributed by atoms with Gasteiger partial charge in [0.05, 0.1) is 17.4 Å². The fourth-order valence-electron chi connectivity index (χ4n) is 3.67. The van der Waals surface area contributed by atoms with Crippen LogP contribution in [0.1, 0.15) is 0 Å². The van der Waals surface area contributed by atoms with Crippen LogP contribution in [0.4, 0.5) is 8.78 Å². The van der Waals surface area contributed by atoms with E-state index < -0.39 is 11.6 Å². The number of imidazole rings is 1. The molecule has 0 amide bonds. The second-order valence-electron chi connectivity index (χ2n) is 7.11. The normalized spacial score (nSPS) is 11.5. The van der Waals surface area contributed by atoms with Gasteiger partial charge < -0.3 is 18.9 Å². The summed E-state index contributed by atoms with van der Waals surface area (Å²) in [5.41, 5.74) is 3.86. The van der Waals surface area contributed by atoms with Crippen LogP contribution < -0.4 is 10.2 Å². The Kier molecular flexibility index (Phi) is 3.95. The van der Waals surface area contributed by atoms with E-state index in [2.05, 4.69) is 9.97 Å². The van der Waals surface area contributed by atoms with Gasteiger partial charge in [-0.1, -0.05) is 0 Å². The summed E-state index contributed by atoms with van der Waals surface area (Å²) in [4.78, 5) is 7.54. The third kappa shape index (κ3) is 2.68. The number of nitrogens with one attached hydrogen (secondary N) is 2. The van der Waals surface area contributed by atoms with Crippen LogP contribution in [0, 0.1) is 17.0 Å². The third-order valence-electron chi connectivity index (χ3n) is 5.20. The highest BCUT2D eigenvalue weighted by atomic mass is 19.1. The summed E-state index contributed by atoms with van der Waals surface area (Å²) >= 11 is 0. The maximum absolute atomic E-state index is 14.4. The second-order valence-corrected chi connectivity index (χ2v) is 7.11. The van der Waals surface area contributed by atoms with E-state index in [0.29, 0.717) is 27.8 Å². The Hall–Kier alpha value is -3.94. The lowest BCUT2D eigenvalue weighted by molar-refractivity contribution is 0.442.